The minimum atomic E-state index is -1.26. The Hall–Kier alpha value is -3.86. The molecule has 8 heteroatoms. The predicted octanol–water partition coefficient (Wildman–Crippen LogP) is 2.82. The minimum absolute atomic E-state index is 0.532. The van der Waals surface area contributed by atoms with E-state index in [0.29, 0.717) is 18.6 Å². The topological polar surface area (TPSA) is 121 Å². The molecule has 2 aromatic heterocycles. The van der Waals surface area contributed by atoms with Crippen molar-refractivity contribution in [1.29, 1.82) is 5.26 Å². The molecule has 3 aromatic rings. The number of fused-ring (bicyclic) bond motifs is 1. The van der Waals surface area contributed by atoms with Gasteiger partial charge < -0.3 is 19.3 Å². The zero-order valence-electron chi connectivity index (χ0n) is 15.3. The summed E-state index contributed by atoms with van der Waals surface area (Å²) in [5.41, 5.74) is 3.74. The Kier molecular flexibility index (Phi) is 7.11. The summed E-state index contributed by atoms with van der Waals surface area (Å²) in [5, 5.41) is 25.7. The fourth-order valence-electron chi connectivity index (χ4n) is 2.86. The number of imidazole rings is 1. The monoisotopic (exact) mass is 380 g/mol. The lowest BCUT2D eigenvalue weighted by Gasteiger charge is -2.06. The van der Waals surface area contributed by atoms with Gasteiger partial charge >= 0.3 is 11.9 Å². The maximum atomic E-state index is 9.55. The highest BCUT2D eigenvalue weighted by Gasteiger charge is 2.13. The molecule has 0 aliphatic rings. The normalized spacial score (nSPS) is 10.4. The van der Waals surface area contributed by atoms with E-state index in [4.69, 9.17) is 15.5 Å². The van der Waals surface area contributed by atoms with Gasteiger partial charge in [-0.3, -0.25) is 0 Å². The molecule has 0 aliphatic carbocycles. The zero-order chi connectivity index (χ0) is 20.5. The molecule has 144 valence electrons. The molecule has 2 heterocycles. The van der Waals surface area contributed by atoms with Crippen LogP contribution in [0.15, 0.2) is 55.1 Å². The second-order valence-electron chi connectivity index (χ2n) is 5.89. The van der Waals surface area contributed by atoms with E-state index in [0.717, 1.165) is 13.1 Å². The maximum absolute atomic E-state index is 9.55. The van der Waals surface area contributed by atoms with Crippen molar-refractivity contribution in [2.75, 3.05) is 0 Å². The number of para-hydroxylation sites is 1. The molecular formula is C20H20N4O4. The van der Waals surface area contributed by atoms with Gasteiger partial charge in [0.1, 0.15) is 0 Å². The van der Waals surface area contributed by atoms with Crippen molar-refractivity contribution in [2.45, 2.75) is 26.4 Å². The third-order valence-corrected chi connectivity index (χ3v) is 4.08. The van der Waals surface area contributed by atoms with Crippen LogP contribution < -0.4 is 0 Å². The van der Waals surface area contributed by atoms with Crippen LogP contribution in [0.25, 0.3) is 10.9 Å². The van der Waals surface area contributed by atoms with Crippen LogP contribution in [0.4, 0.5) is 0 Å². The number of aryl methyl sites for hydroxylation is 1. The van der Waals surface area contributed by atoms with E-state index in [1.807, 2.05) is 18.6 Å². The summed E-state index contributed by atoms with van der Waals surface area (Å²) in [5.74, 6) is -2.51. The fraction of sp³-hybridized carbons (Fsp3) is 0.200. The smallest absolute Gasteiger partial charge is 0.328 e. The molecule has 3 rings (SSSR count). The van der Waals surface area contributed by atoms with E-state index in [-0.39, 0.29) is 0 Å². The highest BCUT2D eigenvalue weighted by Crippen LogP contribution is 2.26. The van der Waals surface area contributed by atoms with Gasteiger partial charge in [0.05, 0.1) is 25.4 Å². The largest absolute Gasteiger partial charge is 0.478 e. The summed E-state index contributed by atoms with van der Waals surface area (Å²) in [6.07, 6.45) is 7.25. The van der Waals surface area contributed by atoms with Gasteiger partial charge in [-0.25, -0.2) is 14.6 Å². The first-order valence-electron chi connectivity index (χ1n) is 8.47. The third-order valence-electron chi connectivity index (χ3n) is 4.08. The van der Waals surface area contributed by atoms with Gasteiger partial charge in [0.25, 0.3) is 0 Å². The number of hydrogen-bond acceptors (Lipinski definition) is 4. The van der Waals surface area contributed by atoms with Crippen molar-refractivity contribution >= 4 is 22.8 Å². The summed E-state index contributed by atoms with van der Waals surface area (Å²) < 4.78 is 4.31. The van der Waals surface area contributed by atoms with Gasteiger partial charge in [-0.15, -0.1) is 0 Å². The summed E-state index contributed by atoms with van der Waals surface area (Å²) in [7, 11) is 0. The van der Waals surface area contributed by atoms with Crippen molar-refractivity contribution in [3.8, 4) is 6.07 Å². The number of carboxylic acids is 2. The van der Waals surface area contributed by atoms with Gasteiger partial charge in [0, 0.05) is 53.3 Å². The Bertz CT molecular complexity index is 1010. The average molecular weight is 380 g/mol. The molecule has 1 aromatic carbocycles. The van der Waals surface area contributed by atoms with Crippen LogP contribution in [0.3, 0.4) is 0 Å². The molecule has 2 N–H and O–H groups in total. The number of nitriles is 1. The number of aromatic nitrogens is 3. The van der Waals surface area contributed by atoms with Crippen molar-refractivity contribution in [3.05, 3.63) is 66.4 Å². The number of carboxylic acid groups (broad SMARTS) is 2. The molecular weight excluding hydrogens is 360 g/mol. The lowest BCUT2D eigenvalue weighted by molar-refractivity contribution is -0.134. The Balaban J connectivity index is 0.000000300. The van der Waals surface area contributed by atoms with Gasteiger partial charge in [-0.2, -0.15) is 5.26 Å². The number of nitrogens with zero attached hydrogens (tertiary/aromatic N) is 4. The quantitative estimate of drug-likeness (QED) is 0.634. The molecule has 0 unspecified atom stereocenters. The number of aliphatic carboxylic acids is 2. The number of hydrogen-bond donors (Lipinski definition) is 2. The molecule has 0 saturated heterocycles. The first kappa shape index (κ1) is 20.5. The average Bonchev–Trinajstić information content (AvgIpc) is 3.27. The number of carbonyl (C=O) groups is 2. The molecule has 0 fully saturated rings. The number of rotatable bonds is 6. The molecule has 0 saturated carbocycles. The predicted molar refractivity (Wildman–Crippen MR) is 103 cm³/mol. The second-order valence-corrected chi connectivity index (χ2v) is 5.89. The lowest BCUT2D eigenvalue weighted by Crippen LogP contribution is -2.02. The van der Waals surface area contributed by atoms with Gasteiger partial charge in [-0.05, 0) is 13.0 Å². The van der Waals surface area contributed by atoms with E-state index in [1.54, 1.807) is 6.20 Å². The molecule has 0 radical (unpaired) electrons. The Morgan fingerprint density at radius 1 is 1.21 bits per heavy atom. The minimum Gasteiger partial charge on any atom is -0.478 e. The van der Waals surface area contributed by atoms with Crippen LogP contribution >= 0.6 is 0 Å². The van der Waals surface area contributed by atoms with Crippen LogP contribution in [-0.2, 0) is 22.7 Å². The highest BCUT2D eigenvalue weighted by molar-refractivity contribution is 5.89. The van der Waals surface area contributed by atoms with E-state index in [2.05, 4.69) is 45.3 Å². The summed E-state index contributed by atoms with van der Waals surface area (Å²) in [4.78, 5) is 23.2. The second kappa shape index (κ2) is 9.73. The summed E-state index contributed by atoms with van der Waals surface area (Å²) in [6, 6.07) is 10.6. The molecule has 0 bridgehead atoms. The SMILES string of the molecule is Cc1c(Cn2ccnc2)c2ccccc2n1CCC#N.O=C(O)C=CC(=O)O. The fourth-order valence-corrected chi connectivity index (χ4v) is 2.86. The molecule has 0 atom stereocenters. The van der Waals surface area contributed by atoms with Crippen molar-refractivity contribution in [3.63, 3.8) is 0 Å². The molecule has 8 nitrogen and oxygen atoms in total. The third kappa shape index (κ3) is 5.32. The molecule has 28 heavy (non-hydrogen) atoms. The first-order valence-corrected chi connectivity index (χ1v) is 8.47. The highest BCUT2D eigenvalue weighted by atomic mass is 16.4. The molecule has 0 spiro atoms. The van der Waals surface area contributed by atoms with E-state index in [9.17, 15) is 9.59 Å². The summed E-state index contributed by atoms with van der Waals surface area (Å²) in [6.45, 7) is 3.68. The number of benzene rings is 1. The van der Waals surface area contributed by atoms with Crippen LogP contribution in [0.2, 0.25) is 0 Å². The van der Waals surface area contributed by atoms with Crippen molar-refractivity contribution < 1.29 is 19.8 Å². The van der Waals surface area contributed by atoms with Crippen molar-refractivity contribution in [2.24, 2.45) is 0 Å². The van der Waals surface area contributed by atoms with Crippen molar-refractivity contribution in [1.82, 2.24) is 14.1 Å². The van der Waals surface area contributed by atoms with Gasteiger partial charge in [-0.1, -0.05) is 18.2 Å². The summed E-state index contributed by atoms with van der Waals surface area (Å²) >= 11 is 0. The lowest BCUT2D eigenvalue weighted by atomic mass is 10.1. The zero-order valence-corrected chi connectivity index (χ0v) is 15.3. The Morgan fingerprint density at radius 2 is 1.89 bits per heavy atom. The van der Waals surface area contributed by atoms with E-state index < -0.39 is 11.9 Å². The van der Waals surface area contributed by atoms with Crippen LogP contribution in [0.1, 0.15) is 17.7 Å². The van der Waals surface area contributed by atoms with Gasteiger partial charge in [0.15, 0.2) is 0 Å². The van der Waals surface area contributed by atoms with Crippen LogP contribution in [0, 0.1) is 18.3 Å². The Labute approximate surface area is 161 Å². The maximum Gasteiger partial charge on any atom is 0.328 e. The first-order chi connectivity index (χ1) is 13.4. The van der Waals surface area contributed by atoms with E-state index >= 15 is 0 Å². The van der Waals surface area contributed by atoms with Gasteiger partial charge in [0.2, 0.25) is 0 Å². The van der Waals surface area contributed by atoms with Crippen LogP contribution in [0.5, 0.6) is 0 Å². The standard InChI is InChI=1S/C16H16N4.C4H4O4/c1-13-15(11-19-10-8-18-12-19)14-5-2-3-6-16(14)20(13)9-4-7-17;5-3(6)1-2-4(7)8/h2-3,5-6,8,10,12H,4,9,11H2,1H3;1-2H,(H,5,6)(H,7,8). The van der Waals surface area contributed by atoms with E-state index in [1.165, 1.54) is 22.2 Å². The molecule has 0 aliphatic heterocycles. The van der Waals surface area contributed by atoms with Crippen LogP contribution in [-0.4, -0.2) is 36.3 Å². The Morgan fingerprint density at radius 3 is 2.46 bits per heavy atom. The molecule has 0 amide bonds.